The third-order valence-electron chi connectivity index (χ3n) is 16.0. The van der Waals surface area contributed by atoms with Crippen molar-refractivity contribution >= 4 is 82.7 Å². The fourth-order valence-corrected chi connectivity index (χ4v) is 13.0. The summed E-state index contributed by atoms with van der Waals surface area (Å²) in [5.74, 6) is -2.86. The normalized spacial score (nSPS) is 9.78. The van der Waals surface area contributed by atoms with Crippen LogP contribution in [0.25, 0.3) is 17.2 Å². The SMILES string of the molecule is CC#Cc1ccc(C)cc1C(=O)[O-].CC=Cc1ccc(C)cc1C(=O)[O-].Cc1cc(C(=O)[O-])c(C)[nH]1.Cc1cc(C(=O)[O-])c(C)o1.Cc1cc(C(=O)[O-])c(C)s1.Cc1ccc2c(c1)C(c1cc[c-]cc1)(c1ccc(C(=O)[O-])cc1)c1cc(C)ccc1-2.Cc1cnc(C)c(C(=O)[O-])c1.Cc1nc(C(=O)[O-])c(C)s1.O=C=O.[Cs+].[Cs+].[Cs+].[Cs+].[Cs+].[Cs+].[Cs+].[Cs+].[Cs+]. The zero-order valence-electron chi connectivity index (χ0n) is 72.1. The minimum atomic E-state index is -1.19. The first-order chi connectivity index (χ1) is 51.8. The number of benzene rings is 6. The van der Waals surface area contributed by atoms with Crippen LogP contribution in [0.5, 0.6) is 0 Å². The molecule has 1 N–H and O–H groups in total. The number of thiazole rings is 1. The molecule has 0 atom stereocenters. The second-order valence-electron chi connectivity index (χ2n) is 24.5. The summed E-state index contributed by atoms with van der Waals surface area (Å²) in [6.45, 7) is 28.8. The Morgan fingerprint density at radius 1 is 0.462 bits per heavy atom. The van der Waals surface area contributed by atoms with Crippen molar-refractivity contribution < 1.29 is 713 Å². The smallest absolute Gasteiger partial charge is 0.545 e. The number of carbonyl (C=O) groups is 8. The first-order valence-electron chi connectivity index (χ1n) is 33.2. The van der Waals surface area contributed by atoms with Gasteiger partial charge in [-0.3, -0.25) is 4.98 Å². The van der Waals surface area contributed by atoms with Crippen molar-refractivity contribution in [1.29, 1.82) is 0 Å². The number of hydrogen-bond donors (Lipinski definition) is 1. The van der Waals surface area contributed by atoms with Gasteiger partial charge >= 0.3 is 626 Å². The van der Waals surface area contributed by atoms with Gasteiger partial charge in [-0.15, -0.1) is 34.2 Å². The van der Waals surface area contributed by atoms with Crippen LogP contribution in [-0.2, 0) is 15.0 Å². The number of hydrogen-bond acceptors (Lipinski definition) is 23. The monoisotopic (exact) mass is 2710 g/mol. The van der Waals surface area contributed by atoms with Crippen LogP contribution in [0.15, 0.2) is 162 Å². The summed E-state index contributed by atoms with van der Waals surface area (Å²) in [4.78, 5) is 114. The van der Waals surface area contributed by atoms with Crippen LogP contribution in [-0.4, -0.2) is 68.9 Å². The van der Waals surface area contributed by atoms with Gasteiger partial charge in [-0.2, -0.15) is 39.9 Å². The van der Waals surface area contributed by atoms with E-state index in [1.807, 2.05) is 64.1 Å². The number of aromatic amines is 1. The van der Waals surface area contributed by atoms with Gasteiger partial charge < -0.3 is 88.6 Å². The summed E-state index contributed by atoms with van der Waals surface area (Å²) in [7, 11) is 0. The number of aryl methyl sites for hydroxylation is 14. The Labute approximate surface area is 1230 Å². The summed E-state index contributed by atoms with van der Waals surface area (Å²) in [5, 5.41) is 85.1. The van der Waals surface area contributed by atoms with Crippen LogP contribution in [0.2, 0.25) is 0 Å². The predicted molar refractivity (Wildman–Crippen MR) is 399 cm³/mol. The average molecular weight is 2720 g/mol. The van der Waals surface area contributed by atoms with E-state index in [2.05, 4.69) is 95.2 Å². The first-order valence-corrected chi connectivity index (χ1v) is 34.9. The van der Waals surface area contributed by atoms with Crippen molar-refractivity contribution in [2.45, 2.75) is 116 Å². The summed E-state index contributed by atoms with van der Waals surface area (Å²) in [5.41, 5.74) is 16.3. The molecule has 0 spiro atoms. The molecule has 0 aliphatic heterocycles. The molecule has 0 radical (unpaired) electrons. The Hall–Kier alpha value is 5.27. The minimum Gasteiger partial charge on any atom is -0.545 e. The second kappa shape index (κ2) is 70.0. The van der Waals surface area contributed by atoms with Gasteiger partial charge in [-0.25, -0.2) is 4.98 Å². The van der Waals surface area contributed by atoms with Crippen molar-refractivity contribution in [3.05, 3.63) is 318 Å². The molecule has 12 rings (SSSR count). The number of nitrogens with zero attached hydrogens (tertiary/aromatic N) is 2. The van der Waals surface area contributed by atoms with Crippen LogP contribution in [0, 0.1) is 115 Å². The Bertz CT molecular complexity index is 5060. The maximum absolute atomic E-state index is 11.4. The Kier molecular flexibility index (Phi) is 79.4. The topological polar surface area (TPSA) is 410 Å². The molecule has 0 amide bonds. The van der Waals surface area contributed by atoms with Crippen molar-refractivity contribution in [2.24, 2.45) is 0 Å². The number of H-pyrrole nitrogens is 1. The molecule has 0 fully saturated rings. The molecule has 6 aromatic carbocycles. The van der Waals surface area contributed by atoms with Gasteiger partial charge in [0.05, 0.1) is 58.5 Å². The van der Waals surface area contributed by atoms with Crippen molar-refractivity contribution in [3.63, 3.8) is 0 Å². The fraction of sp³-hybridized carbons (Fsp3) is 0.198. The molecular weight excluding hydrogens is 2640 g/mol. The van der Waals surface area contributed by atoms with Crippen molar-refractivity contribution in [1.82, 2.24) is 15.0 Å². The number of carboxylic acid groups (broad SMARTS) is 8. The standard InChI is InChI=1S/C28H21O2.C11H12O2.C11H10O2.C8H9NO2.C7H9NO2.C7H8O3.C7H8O2S.C6H7NO2S.CO2.9Cs/c1-18-8-14-23-24-15-9-19(2)17-26(24)28(25(23)16-18,21-6-4-3-5-7-21)22-12-10-20(11-13-22)27(29)30;2*1-3-4-9-6-5-8(2)7-10(9)11(12)13;1-5-3-7(8(10)11)6(2)9-4-5;1-4-3-6(7(9)10)5(2)8-4;2*1-4-3-6(7(8)9)5(2)10-4;1-3-5(6(8)9)7-4(2)10-3;2-1-3;;;;;;;;;/h4-17H,1-2H3,(H,29,30);3-7H,1-2H3,(H,12,13);5-7H,1-2H3,(H,12,13);3-4H,1-2H3,(H,10,11);3,8H,1-2H3,(H,9,10);2*3H,1-2H3,(H,8,9);1-2H3,(H,8,9);;;;;;;;;;/q-1;;;;;;;;;9*+1/p-8. The van der Waals surface area contributed by atoms with E-state index in [4.69, 9.17) is 14.0 Å². The molecule has 5 aromatic heterocycles. The quantitative estimate of drug-likeness (QED) is 0.0928. The molecule has 5 heterocycles. The third kappa shape index (κ3) is 44.3. The maximum atomic E-state index is 11.4. The van der Waals surface area contributed by atoms with Gasteiger partial charge in [-0.05, 0) is 198 Å². The molecule has 1 aliphatic rings. The van der Waals surface area contributed by atoms with E-state index >= 15 is 0 Å². The van der Waals surface area contributed by atoms with E-state index in [-0.39, 0.29) is 665 Å². The number of aromatic carboxylic acids is 8. The largest absolute Gasteiger partial charge is 1.00 e. The van der Waals surface area contributed by atoms with Crippen molar-refractivity contribution in [3.8, 4) is 23.0 Å². The minimum absolute atomic E-state index is 0. The number of nitrogens with one attached hydrogen (secondary N) is 1. The van der Waals surface area contributed by atoms with Crippen LogP contribution in [0.1, 0.15) is 206 Å². The Morgan fingerprint density at radius 2 is 0.908 bits per heavy atom. The zero-order valence-corrected chi connectivity index (χ0v) is 130. The molecule has 570 valence electrons. The summed E-state index contributed by atoms with van der Waals surface area (Å²) in [6, 6.07) is 48.1. The van der Waals surface area contributed by atoms with Crippen LogP contribution in [0.3, 0.4) is 0 Å². The number of thiophene rings is 1. The van der Waals surface area contributed by atoms with Crippen molar-refractivity contribution in [2.75, 3.05) is 0 Å². The molecule has 0 saturated carbocycles. The first kappa shape index (κ1) is 135. The van der Waals surface area contributed by atoms with Gasteiger partial charge in [0.25, 0.3) is 0 Å². The van der Waals surface area contributed by atoms with Gasteiger partial charge in [-0.1, -0.05) is 119 Å². The number of rotatable bonds is 11. The Balaban J connectivity index is -0.000000315. The average Bonchev–Trinajstić information content (AvgIpc) is 1.55. The van der Waals surface area contributed by atoms with E-state index in [0.29, 0.717) is 44.5 Å². The van der Waals surface area contributed by atoms with E-state index in [9.17, 15) is 79.2 Å². The number of pyridine rings is 1. The molecule has 1 aliphatic carbocycles. The van der Waals surface area contributed by atoms with Crippen LogP contribution in [0.4, 0.5) is 0 Å². The summed E-state index contributed by atoms with van der Waals surface area (Å²) in [6.07, 6.45) is 5.43. The van der Waals surface area contributed by atoms with Gasteiger partial charge in [0.15, 0.2) is 0 Å². The number of furan rings is 1. The van der Waals surface area contributed by atoms with Gasteiger partial charge in [0, 0.05) is 82.3 Å². The van der Waals surface area contributed by atoms with Gasteiger partial charge in [0.1, 0.15) is 11.5 Å². The summed E-state index contributed by atoms with van der Waals surface area (Å²) >= 11 is 2.84. The molecule has 22 nitrogen and oxygen atoms in total. The summed E-state index contributed by atoms with van der Waals surface area (Å²) < 4.78 is 4.95. The molecule has 11 aromatic rings. The Morgan fingerprint density at radius 3 is 1.25 bits per heavy atom. The molecular formula is C86H76Cs9N3O19S2. The van der Waals surface area contributed by atoms with E-state index < -0.39 is 53.2 Å². The van der Waals surface area contributed by atoms with Gasteiger partial charge in [0.2, 0.25) is 0 Å². The number of aromatic nitrogens is 3. The van der Waals surface area contributed by atoms with E-state index in [1.54, 1.807) is 142 Å². The zero-order chi connectivity index (χ0) is 82.6. The number of carboxylic acids is 8. The number of fused-ring (bicyclic) bond motifs is 3. The molecule has 0 bridgehead atoms. The molecule has 33 heteroatoms. The van der Waals surface area contributed by atoms with E-state index in [1.165, 1.54) is 62.1 Å². The van der Waals surface area contributed by atoms with Crippen LogP contribution >= 0.6 is 22.7 Å². The fourth-order valence-electron chi connectivity index (χ4n) is 11.2. The molecule has 119 heavy (non-hydrogen) atoms. The second-order valence-corrected chi connectivity index (χ2v) is 27.4. The number of allylic oxidation sites excluding steroid dienone is 1. The predicted octanol–water partition coefficient (Wildman–Crippen LogP) is -19.4. The number of carbonyl (C=O) groups excluding carboxylic acids is 10. The van der Waals surface area contributed by atoms with E-state index in [0.717, 1.165) is 48.3 Å². The molecule has 0 unspecified atom stereocenters. The molecule has 0 saturated heterocycles. The van der Waals surface area contributed by atoms with Crippen LogP contribution < -0.4 is 661 Å². The maximum Gasteiger partial charge on any atom is 1.00 e. The third-order valence-corrected chi connectivity index (χ3v) is 17.9.